The highest BCUT2D eigenvalue weighted by Crippen LogP contribution is 2.25. The van der Waals surface area contributed by atoms with Crippen molar-refractivity contribution in [3.63, 3.8) is 0 Å². The molecule has 1 aromatic rings. The Kier molecular flexibility index (Phi) is 3.38. The molecule has 1 aliphatic rings. The van der Waals surface area contributed by atoms with E-state index >= 15 is 0 Å². The largest absolute Gasteiger partial charge is 0.311 e. The fraction of sp³-hybridized carbons (Fsp3) is 0.643. The Balaban J connectivity index is 2.03. The second-order valence-corrected chi connectivity index (χ2v) is 5.94. The highest BCUT2D eigenvalue weighted by Gasteiger charge is 2.21. The Labute approximate surface area is 104 Å². The summed E-state index contributed by atoms with van der Waals surface area (Å²) in [6.45, 7) is 7.57. The van der Waals surface area contributed by atoms with Gasteiger partial charge in [-0.15, -0.1) is 0 Å². The number of hydrogen-bond acceptors (Lipinski definition) is 2. The molecule has 1 fully saturated rings. The number of aryl methyl sites for hydroxylation is 1. The Morgan fingerprint density at radius 3 is 2.76 bits per heavy atom. The van der Waals surface area contributed by atoms with Gasteiger partial charge in [0, 0.05) is 36.8 Å². The molecule has 0 unspecified atom stereocenters. The van der Waals surface area contributed by atoms with Crippen LogP contribution in [0.3, 0.4) is 0 Å². The van der Waals surface area contributed by atoms with Gasteiger partial charge in [-0.3, -0.25) is 4.68 Å². The molecule has 0 amide bonds. The molecule has 1 N–H and O–H groups in total. The van der Waals surface area contributed by atoms with Crippen LogP contribution in [0.5, 0.6) is 0 Å². The summed E-state index contributed by atoms with van der Waals surface area (Å²) in [5.74, 6) is 0. The van der Waals surface area contributed by atoms with E-state index in [9.17, 15) is 0 Å². The first kappa shape index (κ1) is 12.4. The minimum atomic E-state index is 0.102. The maximum Gasteiger partial charge on any atom is 0.0750 e. The molecule has 0 atom stereocenters. The van der Waals surface area contributed by atoms with Gasteiger partial charge in [-0.1, -0.05) is 32.9 Å². The standard InChI is InChI=1S/C14H23N3/c1-14(2,3)13-11(10-17(4)16-13)6-5-9-15-12-7-8-12/h5-6,10,12,15H,7-9H2,1-4H3/b6-5+. The van der Waals surface area contributed by atoms with Crippen molar-refractivity contribution in [3.05, 3.63) is 23.5 Å². The summed E-state index contributed by atoms with van der Waals surface area (Å²) in [7, 11) is 1.98. The normalized spacial score (nSPS) is 16.9. The summed E-state index contributed by atoms with van der Waals surface area (Å²) in [5, 5.41) is 8.03. The van der Waals surface area contributed by atoms with Crippen molar-refractivity contribution in [2.75, 3.05) is 6.54 Å². The van der Waals surface area contributed by atoms with Crippen LogP contribution in [0, 0.1) is 0 Å². The molecular weight excluding hydrogens is 210 g/mol. The zero-order chi connectivity index (χ0) is 12.5. The quantitative estimate of drug-likeness (QED) is 0.866. The van der Waals surface area contributed by atoms with Crippen molar-refractivity contribution >= 4 is 6.08 Å². The third-order valence-corrected chi connectivity index (χ3v) is 2.97. The van der Waals surface area contributed by atoms with E-state index in [1.54, 1.807) is 0 Å². The van der Waals surface area contributed by atoms with Crippen molar-refractivity contribution in [1.29, 1.82) is 0 Å². The number of nitrogens with one attached hydrogen (secondary N) is 1. The van der Waals surface area contributed by atoms with Crippen LogP contribution in [-0.4, -0.2) is 22.4 Å². The second kappa shape index (κ2) is 4.65. The molecule has 1 saturated carbocycles. The molecule has 0 spiro atoms. The first-order chi connectivity index (χ1) is 7.97. The maximum absolute atomic E-state index is 4.55. The van der Waals surface area contributed by atoms with Gasteiger partial charge in [-0.25, -0.2) is 0 Å². The molecule has 1 aromatic heterocycles. The third-order valence-electron chi connectivity index (χ3n) is 2.97. The van der Waals surface area contributed by atoms with E-state index < -0.39 is 0 Å². The Morgan fingerprint density at radius 2 is 2.18 bits per heavy atom. The first-order valence-corrected chi connectivity index (χ1v) is 6.41. The van der Waals surface area contributed by atoms with Crippen molar-refractivity contribution < 1.29 is 0 Å². The van der Waals surface area contributed by atoms with E-state index in [1.165, 1.54) is 24.1 Å². The van der Waals surface area contributed by atoms with Gasteiger partial charge in [-0.2, -0.15) is 5.10 Å². The molecule has 2 rings (SSSR count). The smallest absolute Gasteiger partial charge is 0.0750 e. The first-order valence-electron chi connectivity index (χ1n) is 6.41. The number of nitrogens with zero attached hydrogens (tertiary/aromatic N) is 2. The Morgan fingerprint density at radius 1 is 1.47 bits per heavy atom. The summed E-state index contributed by atoms with van der Waals surface area (Å²) in [6, 6.07) is 0.774. The van der Waals surface area contributed by atoms with Crippen molar-refractivity contribution in [2.24, 2.45) is 7.05 Å². The molecule has 1 aliphatic carbocycles. The van der Waals surface area contributed by atoms with Gasteiger partial charge in [0.05, 0.1) is 5.69 Å². The van der Waals surface area contributed by atoms with Gasteiger partial charge in [-0.05, 0) is 12.8 Å². The van der Waals surface area contributed by atoms with Gasteiger partial charge in [0.15, 0.2) is 0 Å². The molecule has 0 saturated heterocycles. The Bertz CT molecular complexity index is 406. The molecule has 3 heteroatoms. The third kappa shape index (κ3) is 3.43. The highest BCUT2D eigenvalue weighted by atomic mass is 15.3. The molecule has 1 heterocycles. The van der Waals surface area contributed by atoms with Crippen LogP contribution in [0.1, 0.15) is 44.9 Å². The highest BCUT2D eigenvalue weighted by molar-refractivity contribution is 5.52. The predicted molar refractivity (Wildman–Crippen MR) is 72.0 cm³/mol. The van der Waals surface area contributed by atoms with Crippen LogP contribution < -0.4 is 5.32 Å². The van der Waals surface area contributed by atoms with Crippen LogP contribution >= 0.6 is 0 Å². The molecule has 3 nitrogen and oxygen atoms in total. The minimum absolute atomic E-state index is 0.102. The SMILES string of the molecule is Cn1cc(/C=C/CNC2CC2)c(C(C)(C)C)n1. The molecule has 0 aliphatic heterocycles. The topological polar surface area (TPSA) is 29.9 Å². The summed E-state index contributed by atoms with van der Waals surface area (Å²) in [6.07, 6.45) is 9.16. The van der Waals surface area contributed by atoms with Crippen LogP contribution in [0.4, 0.5) is 0 Å². The lowest BCUT2D eigenvalue weighted by Crippen LogP contribution is -2.16. The molecule has 0 radical (unpaired) electrons. The summed E-state index contributed by atoms with van der Waals surface area (Å²) < 4.78 is 1.90. The summed E-state index contributed by atoms with van der Waals surface area (Å²) in [4.78, 5) is 0. The average Bonchev–Trinajstić information content (AvgIpc) is 2.95. The summed E-state index contributed by atoms with van der Waals surface area (Å²) in [5.41, 5.74) is 2.51. The summed E-state index contributed by atoms with van der Waals surface area (Å²) >= 11 is 0. The predicted octanol–water partition coefficient (Wildman–Crippen LogP) is 2.48. The van der Waals surface area contributed by atoms with Crippen molar-refractivity contribution in [2.45, 2.75) is 45.1 Å². The van der Waals surface area contributed by atoms with E-state index in [0.717, 1.165) is 12.6 Å². The van der Waals surface area contributed by atoms with Gasteiger partial charge in [0.1, 0.15) is 0 Å². The maximum atomic E-state index is 4.55. The van der Waals surface area contributed by atoms with Gasteiger partial charge >= 0.3 is 0 Å². The van der Waals surface area contributed by atoms with Crippen molar-refractivity contribution in [3.8, 4) is 0 Å². The molecule has 94 valence electrons. The van der Waals surface area contributed by atoms with E-state index in [4.69, 9.17) is 0 Å². The van der Waals surface area contributed by atoms with Crippen LogP contribution in [0.2, 0.25) is 0 Å². The lowest BCUT2D eigenvalue weighted by atomic mass is 9.89. The van der Waals surface area contributed by atoms with E-state index in [0.29, 0.717) is 0 Å². The van der Waals surface area contributed by atoms with Gasteiger partial charge in [0.2, 0.25) is 0 Å². The van der Waals surface area contributed by atoms with Crippen LogP contribution in [0.25, 0.3) is 6.08 Å². The number of aromatic nitrogens is 2. The Hall–Kier alpha value is -1.09. The van der Waals surface area contributed by atoms with Crippen LogP contribution in [-0.2, 0) is 12.5 Å². The fourth-order valence-electron chi connectivity index (χ4n) is 1.92. The fourth-order valence-corrected chi connectivity index (χ4v) is 1.92. The van der Waals surface area contributed by atoms with Gasteiger partial charge in [0.25, 0.3) is 0 Å². The minimum Gasteiger partial charge on any atom is -0.311 e. The second-order valence-electron chi connectivity index (χ2n) is 5.94. The van der Waals surface area contributed by atoms with E-state index in [2.05, 4.69) is 49.5 Å². The van der Waals surface area contributed by atoms with Gasteiger partial charge < -0.3 is 5.32 Å². The lowest BCUT2D eigenvalue weighted by molar-refractivity contribution is 0.552. The van der Waals surface area contributed by atoms with Crippen molar-refractivity contribution in [1.82, 2.24) is 15.1 Å². The average molecular weight is 233 g/mol. The van der Waals surface area contributed by atoms with Crippen LogP contribution in [0.15, 0.2) is 12.3 Å². The monoisotopic (exact) mass is 233 g/mol. The van der Waals surface area contributed by atoms with E-state index in [1.807, 2.05) is 11.7 Å². The zero-order valence-corrected chi connectivity index (χ0v) is 11.3. The number of rotatable bonds is 4. The zero-order valence-electron chi connectivity index (χ0n) is 11.3. The molecule has 0 aromatic carbocycles. The lowest BCUT2D eigenvalue weighted by Gasteiger charge is -2.16. The van der Waals surface area contributed by atoms with E-state index in [-0.39, 0.29) is 5.41 Å². The number of hydrogen-bond donors (Lipinski definition) is 1. The molecular formula is C14H23N3. The molecule has 17 heavy (non-hydrogen) atoms. The molecule has 0 bridgehead atoms.